The van der Waals surface area contributed by atoms with Crippen molar-refractivity contribution >= 4 is 16.8 Å². The summed E-state index contributed by atoms with van der Waals surface area (Å²) >= 11 is 0. The second kappa shape index (κ2) is 3.14. The molecule has 0 heterocycles. The lowest BCUT2D eigenvalue weighted by atomic mass is 10.1. The Kier molecular flexibility index (Phi) is 1.97. The standard InChI is InChI=1S/C12H9FO/c1-2-8-3-4-9-6-10(14)7-12(13)11(9)5-8/h2-7,14H,1H2. The molecule has 2 aromatic carbocycles. The second-order valence-corrected chi connectivity index (χ2v) is 3.11. The maximum atomic E-state index is 13.4. The Balaban J connectivity index is 2.81. The van der Waals surface area contributed by atoms with E-state index in [1.54, 1.807) is 18.2 Å². The predicted molar refractivity (Wildman–Crippen MR) is 55.7 cm³/mol. The van der Waals surface area contributed by atoms with Crippen LogP contribution in [0.4, 0.5) is 4.39 Å². The van der Waals surface area contributed by atoms with E-state index in [9.17, 15) is 9.50 Å². The van der Waals surface area contributed by atoms with Gasteiger partial charge in [0.15, 0.2) is 0 Å². The molecule has 1 N–H and O–H groups in total. The van der Waals surface area contributed by atoms with Gasteiger partial charge < -0.3 is 5.11 Å². The number of aromatic hydroxyl groups is 1. The molecule has 0 radical (unpaired) electrons. The van der Waals surface area contributed by atoms with Crippen molar-refractivity contribution in [3.63, 3.8) is 0 Å². The average Bonchev–Trinajstić information content (AvgIpc) is 2.17. The van der Waals surface area contributed by atoms with E-state index in [2.05, 4.69) is 6.58 Å². The molecule has 0 amide bonds. The van der Waals surface area contributed by atoms with Crippen LogP contribution >= 0.6 is 0 Å². The van der Waals surface area contributed by atoms with Gasteiger partial charge >= 0.3 is 0 Å². The topological polar surface area (TPSA) is 20.2 Å². The summed E-state index contributed by atoms with van der Waals surface area (Å²) in [5, 5.41) is 10.4. The van der Waals surface area contributed by atoms with Crippen LogP contribution in [0.25, 0.3) is 16.8 Å². The van der Waals surface area contributed by atoms with Gasteiger partial charge in [0.1, 0.15) is 11.6 Å². The minimum Gasteiger partial charge on any atom is -0.508 e. The van der Waals surface area contributed by atoms with Gasteiger partial charge in [-0.1, -0.05) is 24.8 Å². The summed E-state index contributed by atoms with van der Waals surface area (Å²) in [6.07, 6.45) is 1.66. The van der Waals surface area contributed by atoms with E-state index < -0.39 is 5.82 Å². The molecule has 0 bridgehead atoms. The highest BCUT2D eigenvalue weighted by Gasteiger charge is 2.02. The molecule has 0 atom stereocenters. The molecule has 0 aliphatic heterocycles. The van der Waals surface area contributed by atoms with Crippen molar-refractivity contribution in [2.75, 3.05) is 0 Å². The Morgan fingerprint density at radius 3 is 2.71 bits per heavy atom. The van der Waals surface area contributed by atoms with Crippen LogP contribution in [0, 0.1) is 5.82 Å². The van der Waals surface area contributed by atoms with Crippen molar-refractivity contribution in [2.45, 2.75) is 0 Å². The minimum atomic E-state index is -0.413. The zero-order valence-electron chi connectivity index (χ0n) is 7.50. The zero-order chi connectivity index (χ0) is 10.1. The summed E-state index contributed by atoms with van der Waals surface area (Å²) in [5.74, 6) is -0.468. The predicted octanol–water partition coefficient (Wildman–Crippen LogP) is 3.33. The summed E-state index contributed by atoms with van der Waals surface area (Å²) in [4.78, 5) is 0. The molecule has 0 fully saturated rings. The molecule has 0 spiro atoms. The molecule has 0 aliphatic carbocycles. The van der Waals surface area contributed by atoms with Crippen molar-refractivity contribution in [3.8, 4) is 5.75 Å². The zero-order valence-corrected chi connectivity index (χ0v) is 7.50. The number of benzene rings is 2. The van der Waals surface area contributed by atoms with Gasteiger partial charge in [-0.2, -0.15) is 0 Å². The van der Waals surface area contributed by atoms with Gasteiger partial charge in [-0.15, -0.1) is 0 Å². The largest absolute Gasteiger partial charge is 0.508 e. The Labute approximate surface area is 81.1 Å². The molecular formula is C12H9FO. The molecule has 2 heteroatoms. The van der Waals surface area contributed by atoms with Crippen molar-refractivity contribution < 1.29 is 9.50 Å². The highest BCUT2D eigenvalue weighted by atomic mass is 19.1. The van der Waals surface area contributed by atoms with E-state index in [4.69, 9.17) is 0 Å². The summed E-state index contributed by atoms with van der Waals surface area (Å²) in [6, 6.07) is 7.93. The Morgan fingerprint density at radius 2 is 2.00 bits per heavy atom. The molecule has 2 aromatic rings. The fraction of sp³-hybridized carbons (Fsp3) is 0. The van der Waals surface area contributed by atoms with Crippen LogP contribution < -0.4 is 0 Å². The maximum absolute atomic E-state index is 13.4. The quantitative estimate of drug-likeness (QED) is 0.727. The Morgan fingerprint density at radius 1 is 1.21 bits per heavy atom. The van der Waals surface area contributed by atoms with E-state index in [0.29, 0.717) is 10.8 Å². The number of hydrogen-bond donors (Lipinski definition) is 1. The minimum absolute atomic E-state index is 0.0543. The fourth-order valence-electron chi connectivity index (χ4n) is 1.44. The van der Waals surface area contributed by atoms with Crippen LogP contribution in [0.1, 0.15) is 5.56 Å². The van der Waals surface area contributed by atoms with Crippen molar-refractivity contribution in [1.82, 2.24) is 0 Å². The first-order valence-electron chi connectivity index (χ1n) is 4.25. The number of hydrogen-bond acceptors (Lipinski definition) is 1. The van der Waals surface area contributed by atoms with E-state index >= 15 is 0 Å². The van der Waals surface area contributed by atoms with E-state index in [-0.39, 0.29) is 5.75 Å². The van der Waals surface area contributed by atoms with E-state index in [0.717, 1.165) is 11.6 Å². The van der Waals surface area contributed by atoms with Crippen molar-refractivity contribution in [3.05, 3.63) is 48.3 Å². The lowest BCUT2D eigenvalue weighted by Crippen LogP contribution is -1.81. The molecule has 0 aromatic heterocycles. The third-order valence-corrected chi connectivity index (χ3v) is 2.15. The molecule has 14 heavy (non-hydrogen) atoms. The Bertz CT molecular complexity index is 503. The molecular weight excluding hydrogens is 179 g/mol. The first kappa shape index (κ1) is 8.75. The van der Waals surface area contributed by atoms with Crippen LogP contribution in [-0.2, 0) is 0 Å². The smallest absolute Gasteiger partial charge is 0.134 e. The molecule has 0 aliphatic rings. The second-order valence-electron chi connectivity index (χ2n) is 3.11. The summed E-state index contributed by atoms with van der Waals surface area (Å²) in [7, 11) is 0. The normalized spacial score (nSPS) is 10.4. The van der Waals surface area contributed by atoms with Crippen molar-refractivity contribution in [1.29, 1.82) is 0 Å². The van der Waals surface area contributed by atoms with Gasteiger partial charge in [0, 0.05) is 11.5 Å². The number of halogens is 1. The van der Waals surface area contributed by atoms with Crippen LogP contribution in [0.2, 0.25) is 0 Å². The third kappa shape index (κ3) is 1.35. The monoisotopic (exact) mass is 188 g/mol. The fourth-order valence-corrected chi connectivity index (χ4v) is 1.44. The summed E-state index contributed by atoms with van der Waals surface area (Å²) < 4.78 is 13.4. The van der Waals surface area contributed by atoms with Crippen LogP contribution in [0.5, 0.6) is 5.75 Å². The maximum Gasteiger partial charge on any atom is 0.134 e. The molecule has 0 saturated heterocycles. The molecule has 70 valence electrons. The average molecular weight is 188 g/mol. The number of fused-ring (bicyclic) bond motifs is 1. The van der Waals surface area contributed by atoms with Crippen LogP contribution in [-0.4, -0.2) is 5.11 Å². The van der Waals surface area contributed by atoms with Crippen molar-refractivity contribution in [2.24, 2.45) is 0 Å². The number of phenols is 1. The lowest BCUT2D eigenvalue weighted by molar-refractivity contribution is 0.471. The summed E-state index contributed by atoms with van der Waals surface area (Å²) in [6.45, 7) is 3.61. The van der Waals surface area contributed by atoms with Gasteiger partial charge in [-0.05, 0) is 23.1 Å². The summed E-state index contributed by atoms with van der Waals surface area (Å²) in [5.41, 5.74) is 0.863. The first-order chi connectivity index (χ1) is 6.70. The van der Waals surface area contributed by atoms with E-state index in [1.165, 1.54) is 6.07 Å². The van der Waals surface area contributed by atoms with Gasteiger partial charge in [-0.3, -0.25) is 0 Å². The Hall–Kier alpha value is -1.83. The van der Waals surface area contributed by atoms with Gasteiger partial charge in [0.05, 0.1) is 0 Å². The number of rotatable bonds is 1. The van der Waals surface area contributed by atoms with Crippen LogP contribution in [0.15, 0.2) is 36.9 Å². The molecule has 2 rings (SSSR count). The highest BCUT2D eigenvalue weighted by Crippen LogP contribution is 2.24. The van der Waals surface area contributed by atoms with Gasteiger partial charge in [0.25, 0.3) is 0 Å². The third-order valence-electron chi connectivity index (χ3n) is 2.15. The van der Waals surface area contributed by atoms with Gasteiger partial charge in [0.2, 0.25) is 0 Å². The van der Waals surface area contributed by atoms with Crippen LogP contribution in [0.3, 0.4) is 0 Å². The van der Waals surface area contributed by atoms with Gasteiger partial charge in [-0.25, -0.2) is 4.39 Å². The number of phenolic OH excluding ortho intramolecular Hbond substituents is 1. The molecule has 1 nitrogen and oxygen atoms in total. The molecule has 0 saturated carbocycles. The van der Waals surface area contributed by atoms with E-state index in [1.807, 2.05) is 6.07 Å². The molecule has 0 unspecified atom stereocenters. The first-order valence-corrected chi connectivity index (χ1v) is 4.25. The lowest BCUT2D eigenvalue weighted by Gasteiger charge is -2.02. The highest BCUT2D eigenvalue weighted by molar-refractivity contribution is 5.86. The SMILES string of the molecule is C=Cc1ccc2cc(O)cc(F)c2c1.